The maximum atomic E-state index is 11.7. The van der Waals surface area contributed by atoms with Gasteiger partial charge in [-0.05, 0) is 36.4 Å². The third kappa shape index (κ3) is 4.36. The van der Waals surface area contributed by atoms with Crippen molar-refractivity contribution in [3.63, 3.8) is 0 Å². The molecule has 0 heterocycles. The van der Waals surface area contributed by atoms with Gasteiger partial charge in [0, 0.05) is 10.2 Å². The Labute approximate surface area is 139 Å². The van der Waals surface area contributed by atoms with E-state index in [1.54, 1.807) is 24.3 Å². The lowest BCUT2D eigenvalue weighted by atomic mass is 10.2. The first-order chi connectivity index (χ1) is 10.9. The Balaban J connectivity index is 1.93. The first-order valence-corrected chi connectivity index (χ1v) is 7.13. The molecule has 0 aliphatic heterocycles. The lowest BCUT2D eigenvalue weighted by molar-refractivity contribution is -0.119. The van der Waals surface area contributed by atoms with Crippen LogP contribution in [0.1, 0.15) is 10.4 Å². The van der Waals surface area contributed by atoms with E-state index < -0.39 is 35.7 Å². The largest absolute Gasteiger partial charge is 0.504 e. The van der Waals surface area contributed by atoms with Crippen LogP contribution in [0.3, 0.4) is 0 Å². The average molecular weight is 382 g/mol. The van der Waals surface area contributed by atoms with E-state index in [9.17, 15) is 24.9 Å². The molecular weight excluding hydrogens is 370 g/mol. The molecule has 0 unspecified atom stereocenters. The lowest BCUT2D eigenvalue weighted by Gasteiger charge is -2.08. The average Bonchev–Trinajstić information content (AvgIpc) is 2.52. The first-order valence-electron chi connectivity index (χ1n) is 6.34. The van der Waals surface area contributed by atoms with Crippen molar-refractivity contribution in [3.8, 4) is 17.2 Å². The van der Waals surface area contributed by atoms with Gasteiger partial charge in [0.1, 0.15) is 0 Å². The molecule has 7 nitrogen and oxygen atoms in total. The number of hydrogen-bond acceptors (Lipinski definition) is 6. The topological polar surface area (TPSA) is 116 Å². The molecule has 0 bridgehead atoms. The molecule has 4 N–H and O–H groups in total. The summed E-state index contributed by atoms with van der Waals surface area (Å²) in [5.74, 6) is -3.56. The maximum Gasteiger partial charge on any atom is 0.338 e. The minimum atomic E-state index is -0.929. The second-order valence-corrected chi connectivity index (χ2v) is 5.41. The van der Waals surface area contributed by atoms with Crippen LogP contribution in [0.2, 0.25) is 0 Å². The van der Waals surface area contributed by atoms with Crippen molar-refractivity contribution in [2.24, 2.45) is 0 Å². The molecule has 2 rings (SSSR count). The molecule has 1 amide bonds. The number of carbonyl (C=O) groups is 2. The fourth-order valence-electron chi connectivity index (χ4n) is 1.67. The van der Waals surface area contributed by atoms with Crippen LogP contribution < -0.4 is 5.32 Å². The molecule has 0 spiro atoms. The number of phenols is 3. The van der Waals surface area contributed by atoms with Gasteiger partial charge in [0.15, 0.2) is 23.9 Å². The van der Waals surface area contributed by atoms with E-state index in [-0.39, 0.29) is 5.56 Å². The minimum Gasteiger partial charge on any atom is -0.504 e. The molecule has 0 aliphatic carbocycles. The minimum absolute atomic E-state index is 0.200. The Hall–Kier alpha value is -2.74. The number of anilines is 1. The third-order valence-corrected chi connectivity index (χ3v) is 3.30. The second-order valence-electron chi connectivity index (χ2n) is 4.49. The molecule has 23 heavy (non-hydrogen) atoms. The molecule has 0 radical (unpaired) electrons. The predicted octanol–water partition coefficient (Wildman–Crippen LogP) is 2.36. The van der Waals surface area contributed by atoms with Crippen molar-refractivity contribution in [2.45, 2.75) is 0 Å². The smallest absolute Gasteiger partial charge is 0.338 e. The van der Waals surface area contributed by atoms with Gasteiger partial charge in [0.25, 0.3) is 5.91 Å². The first kappa shape index (κ1) is 16.6. The number of phenolic OH excluding ortho intramolecular Hbond substituents is 3. The zero-order valence-electron chi connectivity index (χ0n) is 11.6. The standard InChI is InChI=1S/C15H12BrNO6/c16-9-1-3-10(4-2-9)17-13(20)7-23-15(22)8-5-11(18)14(21)12(19)6-8/h1-6,18-19,21H,7H2,(H,17,20). The summed E-state index contributed by atoms with van der Waals surface area (Å²) >= 11 is 3.26. The molecule has 0 saturated carbocycles. The van der Waals surface area contributed by atoms with Gasteiger partial charge in [-0.1, -0.05) is 15.9 Å². The van der Waals surface area contributed by atoms with Crippen LogP contribution in [-0.2, 0) is 9.53 Å². The van der Waals surface area contributed by atoms with Crippen molar-refractivity contribution in [1.82, 2.24) is 0 Å². The summed E-state index contributed by atoms with van der Waals surface area (Å²) in [6.45, 7) is -0.544. The number of rotatable bonds is 4. The molecule has 2 aromatic rings. The van der Waals surface area contributed by atoms with E-state index in [0.717, 1.165) is 16.6 Å². The normalized spacial score (nSPS) is 10.1. The summed E-state index contributed by atoms with van der Waals surface area (Å²) in [7, 11) is 0. The predicted molar refractivity (Wildman–Crippen MR) is 84.5 cm³/mol. The number of ether oxygens (including phenoxy) is 1. The van der Waals surface area contributed by atoms with E-state index in [2.05, 4.69) is 21.2 Å². The zero-order valence-corrected chi connectivity index (χ0v) is 13.2. The van der Waals surface area contributed by atoms with Crippen LogP contribution in [0.5, 0.6) is 17.2 Å². The van der Waals surface area contributed by atoms with E-state index in [1.807, 2.05) is 0 Å². The molecule has 0 saturated heterocycles. The highest BCUT2D eigenvalue weighted by Gasteiger charge is 2.15. The van der Waals surface area contributed by atoms with Gasteiger partial charge in [-0.15, -0.1) is 0 Å². The van der Waals surface area contributed by atoms with Crippen LogP contribution >= 0.6 is 15.9 Å². The van der Waals surface area contributed by atoms with Crippen molar-refractivity contribution >= 4 is 33.5 Å². The van der Waals surface area contributed by atoms with Gasteiger partial charge in [0.05, 0.1) is 5.56 Å². The highest BCUT2D eigenvalue weighted by atomic mass is 79.9. The van der Waals surface area contributed by atoms with E-state index in [0.29, 0.717) is 5.69 Å². The van der Waals surface area contributed by atoms with Crippen molar-refractivity contribution in [1.29, 1.82) is 0 Å². The van der Waals surface area contributed by atoms with E-state index in [4.69, 9.17) is 4.74 Å². The molecule has 2 aromatic carbocycles. The van der Waals surface area contributed by atoms with Crippen LogP contribution in [0.15, 0.2) is 40.9 Å². The van der Waals surface area contributed by atoms with Crippen molar-refractivity contribution < 1.29 is 29.6 Å². The van der Waals surface area contributed by atoms with Gasteiger partial charge >= 0.3 is 5.97 Å². The Morgan fingerprint density at radius 1 is 1.04 bits per heavy atom. The number of halogens is 1. The van der Waals surface area contributed by atoms with Gasteiger partial charge < -0.3 is 25.4 Å². The summed E-state index contributed by atoms with van der Waals surface area (Å²) in [6.07, 6.45) is 0. The van der Waals surface area contributed by atoms with Crippen LogP contribution in [0, 0.1) is 0 Å². The van der Waals surface area contributed by atoms with Gasteiger partial charge in [-0.25, -0.2) is 4.79 Å². The number of hydrogen-bond donors (Lipinski definition) is 4. The Morgan fingerprint density at radius 3 is 2.17 bits per heavy atom. The Morgan fingerprint density at radius 2 is 1.61 bits per heavy atom. The zero-order chi connectivity index (χ0) is 17.0. The lowest BCUT2D eigenvalue weighted by Crippen LogP contribution is -2.20. The molecule has 0 aliphatic rings. The monoisotopic (exact) mass is 381 g/mol. The summed E-state index contributed by atoms with van der Waals surface area (Å²) in [5.41, 5.74) is 0.336. The van der Waals surface area contributed by atoms with Crippen LogP contribution in [0.25, 0.3) is 0 Å². The van der Waals surface area contributed by atoms with Gasteiger partial charge in [-0.2, -0.15) is 0 Å². The summed E-state index contributed by atoms with van der Waals surface area (Å²) in [4.78, 5) is 23.4. The van der Waals surface area contributed by atoms with Crippen LogP contribution in [-0.4, -0.2) is 33.8 Å². The third-order valence-electron chi connectivity index (χ3n) is 2.77. The summed E-state index contributed by atoms with van der Waals surface area (Å²) in [6, 6.07) is 8.65. The maximum absolute atomic E-state index is 11.7. The highest BCUT2D eigenvalue weighted by molar-refractivity contribution is 9.10. The number of aromatic hydroxyl groups is 3. The molecule has 0 atom stereocenters. The van der Waals surface area contributed by atoms with Gasteiger partial charge in [0.2, 0.25) is 0 Å². The summed E-state index contributed by atoms with van der Waals surface area (Å²) < 4.78 is 5.63. The molecular formula is C15H12BrNO6. The number of amides is 1. The number of carbonyl (C=O) groups excluding carboxylic acids is 2. The highest BCUT2D eigenvalue weighted by Crippen LogP contribution is 2.35. The van der Waals surface area contributed by atoms with Crippen molar-refractivity contribution in [2.75, 3.05) is 11.9 Å². The molecule has 8 heteroatoms. The van der Waals surface area contributed by atoms with E-state index >= 15 is 0 Å². The SMILES string of the molecule is O=C(COC(=O)c1cc(O)c(O)c(O)c1)Nc1ccc(Br)cc1. The fraction of sp³-hybridized carbons (Fsp3) is 0.0667. The summed E-state index contributed by atoms with van der Waals surface area (Å²) in [5, 5.41) is 30.4. The quantitative estimate of drug-likeness (QED) is 0.477. The van der Waals surface area contributed by atoms with Crippen LogP contribution in [0.4, 0.5) is 5.69 Å². The van der Waals surface area contributed by atoms with Crippen molar-refractivity contribution in [3.05, 3.63) is 46.4 Å². The number of esters is 1. The van der Waals surface area contributed by atoms with E-state index in [1.165, 1.54) is 0 Å². The number of nitrogens with one attached hydrogen (secondary N) is 1. The second kappa shape index (κ2) is 7.01. The molecule has 0 fully saturated rings. The Kier molecular flexibility index (Phi) is 5.07. The fourth-order valence-corrected chi connectivity index (χ4v) is 1.93. The number of benzene rings is 2. The molecule has 0 aromatic heterocycles. The Bertz CT molecular complexity index is 721. The molecule has 120 valence electrons. The van der Waals surface area contributed by atoms with Gasteiger partial charge in [-0.3, -0.25) is 4.79 Å².